The van der Waals surface area contributed by atoms with Gasteiger partial charge in [-0.1, -0.05) is 6.92 Å². The van der Waals surface area contributed by atoms with Crippen LogP contribution in [0.5, 0.6) is 0 Å². The third-order valence-electron chi connectivity index (χ3n) is 5.05. The molecule has 1 aromatic heterocycles. The van der Waals surface area contributed by atoms with E-state index in [1.165, 1.54) is 44.0 Å². The van der Waals surface area contributed by atoms with E-state index in [0.717, 1.165) is 31.7 Å². The molecule has 2 unspecified atom stereocenters. The van der Waals surface area contributed by atoms with Crippen molar-refractivity contribution in [1.29, 1.82) is 0 Å². The van der Waals surface area contributed by atoms with Gasteiger partial charge in [0.1, 0.15) is 5.82 Å². The molecule has 0 spiro atoms. The summed E-state index contributed by atoms with van der Waals surface area (Å²) in [5.74, 6) is 2.43. The van der Waals surface area contributed by atoms with Crippen molar-refractivity contribution in [3.63, 3.8) is 0 Å². The molecule has 0 bridgehead atoms. The fraction of sp³-hybridized carbons (Fsp3) is 0.812. The second-order valence-electron chi connectivity index (χ2n) is 6.47. The molecule has 2 atom stereocenters. The van der Waals surface area contributed by atoms with Crippen molar-refractivity contribution < 1.29 is 5.11 Å². The summed E-state index contributed by atoms with van der Waals surface area (Å²) in [7, 11) is 0. The molecule has 0 aromatic carbocycles. The lowest BCUT2D eigenvalue weighted by atomic mass is 9.94. The second-order valence-corrected chi connectivity index (χ2v) is 6.47. The van der Waals surface area contributed by atoms with Gasteiger partial charge in [0.15, 0.2) is 0 Å². The predicted molar refractivity (Wildman–Crippen MR) is 79.7 cm³/mol. The number of likely N-dealkylation sites (tertiary alicyclic amines) is 1. The molecule has 2 aliphatic heterocycles. The average Bonchev–Trinajstić information content (AvgIpc) is 2.89. The molecule has 4 heteroatoms. The van der Waals surface area contributed by atoms with Gasteiger partial charge in [-0.15, -0.1) is 0 Å². The number of nitrogens with zero attached hydrogens (tertiary/aromatic N) is 3. The molecule has 0 amide bonds. The summed E-state index contributed by atoms with van der Waals surface area (Å²) in [5.41, 5.74) is 1.37. The Morgan fingerprint density at radius 1 is 1.30 bits per heavy atom. The highest BCUT2D eigenvalue weighted by Gasteiger charge is 2.24. The van der Waals surface area contributed by atoms with Crippen LogP contribution in [0.1, 0.15) is 37.7 Å². The minimum absolute atomic E-state index is 0.310. The van der Waals surface area contributed by atoms with Crippen LogP contribution in [0, 0.1) is 11.8 Å². The zero-order chi connectivity index (χ0) is 13.9. The number of piperidine rings is 1. The van der Waals surface area contributed by atoms with E-state index < -0.39 is 0 Å². The van der Waals surface area contributed by atoms with Crippen molar-refractivity contribution in [2.75, 3.05) is 26.2 Å². The smallest absolute Gasteiger partial charge is 0.109 e. The van der Waals surface area contributed by atoms with Gasteiger partial charge in [0.2, 0.25) is 0 Å². The predicted octanol–water partition coefficient (Wildman–Crippen LogP) is 1.71. The number of hydrogen-bond donors (Lipinski definition) is 1. The van der Waals surface area contributed by atoms with Crippen LogP contribution < -0.4 is 0 Å². The SMILES string of the molecule is CCN1CCCC(Cc2ncc3n2CC(CO)CC3)C1. The van der Waals surface area contributed by atoms with Crippen molar-refractivity contribution >= 4 is 0 Å². The van der Waals surface area contributed by atoms with Crippen LogP contribution in [0.25, 0.3) is 0 Å². The Labute approximate surface area is 121 Å². The quantitative estimate of drug-likeness (QED) is 0.911. The number of rotatable bonds is 4. The first-order chi connectivity index (χ1) is 9.80. The van der Waals surface area contributed by atoms with Crippen LogP contribution in [-0.4, -0.2) is 45.8 Å². The maximum Gasteiger partial charge on any atom is 0.109 e. The Bertz CT molecular complexity index is 443. The number of hydrogen-bond acceptors (Lipinski definition) is 3. The molecule has 3 heterocycles. The summed E-state index contributed by atoms with van der Waals surface area (Å²) < 4.78 is 2.38. The molecule has 3 rings (SSSR count). The average molecular weight is 277 g/mol. The molecular weight excluding hydrogens is 250 g/mol. The Kier molecular flexibility index (Phi) is 4.41. The largest absolute Gasteiger partial charge is 0.396 e. The molecule has 112 valence electrons. The highest BCUT2D eigenvalue weighted by Crippen LogP contribution is 2.25. The van der Waals surface area contributed by atoms with E-state index in [4.69, 9.17) is 0 Å². The molecule has 20 heavy (non-hydrogen) atoms. The van der Waals surface area contributed by atoms with E-state index in [-0.39, 0.29) is 0 Å². The summed E-state index contributed by atoms with van der Waals surface area (Å²) >= 11 is 0. The number of aryl methyl sites for hydroxylation is 1. The molecule has 1 N–H and O–H groups in total. The molecule has 1 aromatic rings. The highest BCUT2D eigenvalue weighted by molar-refractivity contribution is 5.09. The third-order valence-corrected chi connectivity index (χ3v) is 5.05. The Morgan fingerprint density at radius 2 is 2.20 bits per heavy atom. The van der Waals surface area contributed by atoms with Crippen LogP contribution in [0.15, 0.2) is 6.20 Å². The number of aliphatic hydroxyl groups excluding tert-OH is 1. The van der Waals surface area contributed by atoms with E-state index in [0.29, 0.717) is 12.5 Å². The van der Waals surface area contributed by atoms with Crippen LogP contribution in [0.2, 0.25) is 0 Å². The molecule has 1 saturated heterocycles. The standard InChI is InChI=1S/C16H27N3O/c1-2-18-7-3-4-13(10-18)8-16-17-9-15-6-5-14(12-20)11-19(15)16/h9,13-14,20H,2-8,10-12H2,1H3. The minimum Gasteiger partial charge on any atom is -0.396 e. The number of fused-ring (bicyclic) bond motifs is 1. The lowest BCUT2D eigenvalue weighted by Crippen LogP contribution is -2.36. The summed E-state index contributed by atoms with van der Waals surface area (Å²) in [6.45, 7) is 7.19. The van der Waals surface area contributed by atoms with Crippen molar-refractivity contribution in [1.82, 2.24) is 14.5 Å². The fourth-order valence-corrected chi connectivity index (χ4v) is 3.75. The molecular formula is C16H27N3O. The number of aliphatic hydroxyl groups is 1. The summed E-state index contributed by atoms with van der Waals surface area (Å²) in [4.78, 5) is 7.23. The van der Waals surface area contributed by atoms with Crippen molar-refractivity contribution in [3.8, 4) is 0 Å². The van der Waals surface area contributed by atoms with Crippen molar-refractivity contribution in [2.45, 2.75) is 45.6 Å². The van der Waals surface area contributed by atoms with E-state index >= 15 is 0 Å². The van der Waals surface area contributed by atoms with Crippen LogP contribution in [-0.2, 0) is 19.4 Å². The first-order valence-electron chi connectivity index (χ1n) is 8.16. The second kappa shape index (κ2) is 6.27. The Morgan fingerprint density at radius 3 is 3.00 bits per heavy atom. The van der Waals surface area contributed by atoms with Gasteiger partial charge in [-0.05, 0) is 44.7 Å². The van der Waals surface area contributed by atoms with Crippen molar-refractivity contribution in [2.24, 2.45) is 11.8 Å². The van der Waals surface area contributed by atoms with Gasteiger partial charge in [-0.25, -0.2) is 4.98 Å². The van der Waals surface area contributed by atoms with Crippen LogP contribution in [0.3, 0.4) is 0 Å². The monoisotopic (exact) mass is 277 g/mol. The highest BCUT2D eigenvalue weighted by atomic mass is 16.3. The fourth-order valence-electron chi connectivity index (χ4n) is 3.75. The number of imidazole rings is 1. The molecule has 0 saturated carbocycles. The zero-order valence-corrected chi connectivity index (χ0v) is 12.6. The minimum atomic E-state index is 0.310. The van der Waals surface area contributed by atoms with E-state index in [9.17, 15) is 5.11 Å². The van der Waals surface area contributed by atoms with Gasteiger partial charge in [0.05, 0.1) is 0 Å². The Balaban J connectivity index is 1.67. The summed E-state index contributed by atoms with van der Waals surface area (Å²) in [5, 5.41) is 9.39. The van der Waals surface area contributed by atoms with E-state index in [2.05, 4.69) is 27.6 Å². The topological polar surface area (TPSA) is 41.3 Å². The third kappa shape index (κ3) is 2.91. The van der Waals surface area contributed by atoms with Gasteiger partial charge in [0.25, 0.3) is 0 Å². The normalized spacial score (nSPS) is 27.5. The maximum absolute atomic E-state index is 9.39. The lowest BCUT2D eigenvalue weighted by molar-refractivity contribution is 0.174. The lowest BCUT2D eigenvalue weighted by Gasteiger charge is -2.32. The van der Waals surface area contributed by atoms with Gasteiger partial charge < -0.3 is 14.6 Å². The first kappa shape index (κ1) is 14.1. The molecule has 2 aliphatic rings. The molecule has 1 fully saturated rings. The first-order valence-corrected chi connectivity index (χ1v) is 8.16. The Hall–Kier alpha value is -0.870. The summed E-state index contributed by atoms with van der Waals surface area (Å²) in [6, 6.07) is 0. The molecule has 0 radical (unpaired) electrons. The maximum atomic E-state index is 9.39. The van der Waals surface area contributed by atoms with Gasteiger partial charge in [-0.3, -0.25) is 0 Å². The summed E-state index contributed by atoms with van der Waals surface area (Å²) in [6.07, 6.45) is 8.00. The van der Waals surface area contributed by atoms with E-state index in [1.807, 2.05) is 0 Å². The molecule has 0 aliphatic carbocycles. The van der Waals surface area contributed by atoms with Gasteiger partial charge in [-0.2, -0.15) is 0 Å². The zero-order valence-electron chi connectivity index (χ0n) is 12.6. The van der Waals surface area contributed by atoms with Gasteiger partial charge in [0, 0.05) is 43.9 Å². The molecule has 4 nitrogen and oxygen atoms in total. The van der Waals surface area contributed by atoms with Gasteiger partial charge >= 0.3 is 0 Å². The van der Waals surface area contributed by atoms with Crippen molar-refractivity contribution in [3.05, 3.63) is 17.7 Å². The van der Waals surface area contributed by atoms with Crippen LogP contribution in [0.4, 0.5) is 0 Å². The van der Waals surface area contributed by atoms with Crippen LogP contribution >= 0.6 is 0 Å². The number of aromatic nitrogens is 2. The van der Waals surface area contributed by atoms with E-state index in [1.54, 1.807) is 0 Å².